The van der Waals surface area contributed by atoms with Gasteiger partial charge in [0.2, 0.25) is 0 Å². The molecule has 2 aliphatic rings. The first-order chi connectivity index (χ1) is 28.7. The van der Waals surface area contributed by atoms with Crippen LogP contribution in [0.2, 0.25) is 0 Å². The minimum Gasteiger partial charge on any atom is -0.310 e. The third-order valence-electron chi connectivity index (χ3n) is 12.4. The maximum Gasteiger partial charge on any atom is 0.0714 e. The van der Waals surface area contributed by atoms with E-state index >= 15 is 0 Å². The fraction of sp³-hybridized carbons (Fsp3) is 0.0357. The topological polar surface area (TPSA) is 3.24 Å². The minimum absolute atomic E-state index is 0.483. The van der Waals surface area contributed by atoms with Gasteiger partial charge in [0.25, 0.3) is 0 Å². The molecule has 0 amide bonds. The van der Waals surface area contributed by atoms with Gasteiger partial charge in [0.05, 0.1) is 12.2 Å². The number of benzene rings is 9. The summed E-state index contributed by atoms with van der Waals surface area (Å²) >= 11 is 0. The molecule has 57 heavy (non-hydrogen) atoms. The Labute approximate surface area is 336 Å². The second kappa shape index (κ2) is 13.2. The van der Waals surface area contributed by atoms with Crippen LogP contribution < -0.4 is 4.90 Å². The van der Waals surface area contributed by atoms with E-state index in [-0.39, 0.29) is 0 Å². The molecule has 0 atom stereocenters. The zero-order valence-corrected chi connectivity index (χ0v) is 31.4. The van der Waals surface area contributed by atoms with Crippen molar-refractivity contribution in [2.45, 2.75) is 10.8 Å². The molecule has 0 saturated carbocycles. The largest absolute Gasteiger partial charge is 0.310 e. The summed E-state index contributed by atoms with van der Waals surface area (Å²) in [4.78, 5) is 2.38. The normalized spacial score (nSPS) is 14.1. The Morgan fingerprint density at radius 3 is 1.00 bits per heavy atom. The van der Waals surface area contributed by atoms with E-state index in [4.69, 9.17) is 1.37 Å². The Bertz CT molecular complexity index is 2680. The van der Waals surface area contributed by atoms with E-state index in [2.05, 4.69) is 223 Å². The van der Waals surface area contributed by atoms with Crippen molar-refractivity contribution in [1.29, 1.82) is 0 Å². The van der Waals surface area contributed by atoms with Gasteiger partial charge in [0.15, 0.2) is 0 Å². The molecule has 0 fully saturated rings. The number of hydrogen-bond acceptors (Lipinski definition) is 1. The quantitative estimate of drug-likeness (QED) is 0.158. The molecule has 0 saturated heterocycles. The molecule has 1 nitrogen and oxygen atoms in total. The number of nitrogens with zero attached hydrogens (tertiary/aromatic N) is 1. The van der Waals surface area contributed by atoms with Crippen molar-refractivity contribution in [2.75, 3.05) is 4.90 Å². The van der Waals surface area contributed by atoms with Crippen molar-refractivity contribution in [3.05, 3.63) is 281 Å². The first-order valence-corrected chi connectivity index (χ1v) is 19.8. The summed E-state index contributed by atoms with van der Waals surface area (Å²) in [5.41, 5.74) is 17.1. The van der Waals surface area contributed by atoms with Crippen LogP contribution in [0.1, 0.15) is 45.9 Å². The van der Waals surface area contributed by atoms with Crippen LogP contribution in [-0.2, 0) is 10.8 Å². The predicted molar refractivity (Wildman–Crippen MR) is 236 cm³/mol. The molecule has 11 rings (SSSR count). The fourth-order valence-corrected chi connectivity index (χ4v) is 10.1. The van der Waals surface area contributed by atoms with Gasteiger partial charge in [-0.2, -0.15) is 0 Å². The fourth-order valence-electron chi connectivity index (χ4n) is 10.1. The first-order valence-electron chi connectivity index (χ1n) is 20.3. The van der Waals surface area contributed by atoms with E-state index in [0.717, 1.165) is 17.1 Å². The lowest BCUT2D eigenvalue weighted by Gasteiger charge is -2.36. The van der Waals surface area contributed by atoms with Gasteiger partial charge in [-0.05, 0) is 103 Å². The van der Waals surface area contributed by atoms with E-state index in [1.165, 1.54) is 66.8 Å². The Hall–Kier alpha value is -7.22. The van der Waals surface area contributed by atoms with E-state index in [0.29, 0.717) is 6.04 Å². The lowest BCUT2D eigenvalue weighted by atomic mass is 9.67. The molecule has 2 aliphatic carbocycles. The van der Waals surface area contributed by atoms with Gasteiger partial charge >= 0.3 is 0 Å². The van der Waals surface area contributed by atoms with Crippen molar-refractivity contribution >= 4 is 17.1 Å². The third kappa shape index (κ3) is 4.82. The maximum atomic E-state index is 8.46. The van der Waals surface area contributed by atoms with Crippen LogP contribution in [0, 0.1) is 0 Å². The Kier molecular flexibility index (Phi) is 7.44. The molecule has 0 spiro atoms. The lowest BCUT2D eigenvalue weighted by molar-refractivity contribution is 0.767. The van der Waals surface area contributed by atoms with Crippen molar-refractivity contribution in [3.8, 4) is 22.3 Å². The van der Waals surface area contributed by atoms with Gasteiger partial charge in [-0.25, -0.2) is 0 Å². The monoisotopic (exact) mass is 726 g/mol. The van der Waals surface area contributed by atoms with Crippen LogP contribution in [0.25, 0.3) is 22.3 Å². The third-order valence-corrected chi connectivity index (χ3v) is 12.4. The highest BCUT2D eigenvalue weighted by molar-refractivity contribution is 5.92. The van der Waals surface area contributed by atoms with Crippen LogP contribution in [0.5, 0.6) is 0 Å². The average molecular weight is 727 g/mol. The predicted octanol–water partition coefficient (Wildman–Crippen LogP) is 13.9. The SMILES string of the molecule is [2H]c1ccc(N(c2ccc3c(c2)C(c2ccccc2)(c2ccccc2)c2ccccc2-3)c2ccc3c(c2)C(c2ccccc2)(c2ccccc2)c2ccccc2-3)cc1. The molecule has 0 N–H and O–H groups in total. The molecular weight excluding hydrogens is 687 g/mol. The van der Waals surface area contributed by atoms with E-state index < -0.39 is 10.8 Å². The van der Waals surface area contributed by atoms with Crippen molar-refractivity contribution in [1.82, 2.24) is 0 Å². The summed E-state index contributed by atoms with van der Waals surface area (Å²) < 4.78 is 8.46. The molecular formula is C56H39N. The molecule has 0 unspecified atom stereocenters. The highest BCUT2D eigenvalue weighted by Crippen LogP contribution is 2.59. The van der Waals surface area contributed by atoms with Gasteiger partial charge in [-0.3, -0.25) is 0 Å². The zero-order valence-electron chi connectivity index (χ0n) is 32.4. The van der Waals surface area contributed by atoms with E-state index in [9.17, 15) is 0 Å². The summed E-state index contributed by atoms with van der Waals surface area (Å²) in [5, 5.41) is 0. The first kappa shape index (κ1) is 32.1. The van der Waals surface area contributed by atoms with Crippen LogP contribution in [0.15, 0.2) is 237 Å². The van der Waals surface area contributed by atoms with Gasteiger partial charge in [0.1, 0.15) is 0 Å². The number of rotatable bonds is 7. The Morgan fingerprint density at radius 2 is 0.614 bits per heavy atom. The molecule has 0 bridgehead atoms. The highest BCUT2D eigenvalue weighted by atomic mass is 15.1. The van der Waals surface area contributed by atoms with Gasteiger partial charge in [0, 0.05) is 17.1 Å². The average Bonchev–Trinajstić information content (AvgIpc) is 3.76. The highest BCUT2D eigenvalue weighted by Gasteiger charge is 2.48. The summed E-state index contributed by atoms with van der Waals surface area (Å²) in [6.07, 6.45) is 0. The smallest absolute Gasteiger partial charge is 0.0714 e. The van der Waals surface area contributed by atoms with Gasteiger partial charge < -0.3 is 4.90 Å². The zero-order chi connectivity index (χ0) is 38.7. The molecule has 9 aromatic carbocycles. The molecule has 0 aromatic heterocycles. The van der Waals surface area contributed by atoms with Crippen LogP contribution in [0.3, 0.4) is 0 Å². The number of para-hydroxylation sites is 1. The van der Waals surface area contributed by atoms with Crippen LogP contribution >= 0.6 is 0 Å². The second-order valence-electron chi connectivity index (χ2n) is 15.1. The summed E-state index contributed by atoms with van der Waals surface area (Å²) in [5.74, 6) is 0. The standard InChI is InChI=1S/C56H39N/c1-6-20-40(21-7-1)55(41-22-8-2-9-23-41)51-32-18-16-30-47(51)49-36-34-45(38-53(49)55)57(44-28-14-5-15-29-44)46-35-37-50-48-31-17-19-33-52(48)56(54(50)39-46,42-24-10-3-11-25-42)43-26-12-4-13-27-43/h1-39H/i5D. The van der Waals surface area contributed by atoms with Crippen LogP contribution in [-0.4, -0.2) is 0 Å². The number of hydrogen-bond donors (Lipinski definition) is 0. The number of anilines is 3. The molecule has 0 aliphatic heterocycles. The molecule has 268 valence electrons. The van der Waals surface area contributed by atoms with Crippen molar-refractivity contribution in [3.63, 3.8) is 0 Å². The van der Waals surface area contributed by atoms with Crippen molar-refractivity contribution < 1.29 is 1.37 Å². The lowest BCUT2D eigenvalue weighted by Crippen LogP contribution is -2.29. The van der Waals surface area contributed by atoms with Crippen molar-refractivity contribution in [2.24, 2.45) is 0 Å². The number of fused-ring (bicyclic) bond motifs is 6. The summed E-state index contributed by atoms with van der Waals surface area (Å²) in [7, 11) is 0. The Morgan fingerprint density at radius 1 is 0.281 bits per heavy atom. The summed E-state index contributed by atoms with van der Waals surface area (Å²) in [6.45, 7) is 0. The minimum atomic E-state index is -0.531. The Balaban J connectivity index is 1.19. The van der Waals surface area contributed by atoms with E-state index in [1.807, 2.05) is 12.1 Å². The van der Waals surface area contributed by atoms with E-state index in [1.54, 1.807) is 0 Å². The maximum absolute atomic E-state index is 8.46. The van der Waals surface area contributed by atoms with Crippen LogP contribution in [0.4, 0.5) is 17.1 Å². The summed E-state index contributed by atoms with van der Waals surface area (Å²) in [6, 6.07) is 84.3. The molecule has 0 radical (unpaired) electrons. The second-order valence-corrected chi connectivity index (χ2v) is 15.1. The van der Waals surface area contributed by atoms with Gasteiger partial charge in [-0.15, -0.1) is 0 Å². The van der Waals surface area contributed by atoms with Gasteiger partial charge in [-0.1, -0.05) is 200 Å². The molecule has 1 heteroatoms. The molecule has 0 heterocycles. The molecule has 9 aromatic rings.